The van der Waals surface area contributed by atoms with Crippen LogP contribution in [-0.2, 0) is 11.3 Å². The standard InChI is InChI=1S/C20H22N4O3/c1-13-5-6-15(11-14(13)2)21-20(25)19-18(12-26-3)24(23-22-19)16-7-9-17(27-4)10-8-16/h5-11H,12H2,1-4H3,(H,21,25). The maximum absolute atomic E-state index is 12.7. The Kier molecular flexibility index (Phi) is 5.52. The number of carbonyl (C=O) groups is 1. The minimum Gasteiger partial charge on any atom is -0.497 e. The molecule has 0 fully saturated rings. The molecule has 0 aliphatic carbocycles. The first kappa shape index (κ1) is 18.6. The van der Waals surface area contributed by atoms with Gasteiger partial charge < -0.3 is 14.8 Å². The van der Waals surface area contributed by atoms with E-state index in [0.29, 0.717) is 11.4 Å². The van der Waals surface area contributed by atoms with Gasteiger partial charge in [0, 0.05) is 12.8 Å². The van der Waals surface area contributed by atoms with Crippen LogP contribution in [0, 0.1) is 13.8 Å². The van der Waals surface area contributed by atoms with Crippen LogP contribution < -0.4 is 10.1 Å². The van der Waals surface area contributed by atoms with Crippen molar-refractivity contribution in [3.05, 3.63) is 65.0 Å². The van der Waals surface area contributed by atoms with Crippen molar-refractivity contribution in [3.8, 4) is 11.4 Å². The molecule has 0 bridgehead atoms. The third kappa shape index (κ3) is 3.98. The molecule has 0 saturated heterocycles. The van der Waals surface area contributed by atoms with Gasteiger partial charge in [-0.25, -0.2) is 4.68 Å². The van der Waals surface area contributed by atoms with Crippen molar-refractivity contribution >= 4 is 11.6 Å². The predicted molar refractivity (Wildman–Crippen MR) is 102 cm³/mol. The van der Waals surface area contributed by atoms with E-state index >= 15 is 0 Å². The van der Waals surface area contributed by atoms with Gasteiger partial charge in [-0.2, -0.15) is 0 Å². The van der Waals surface area contributed by atoms with Crippen LogP contribution in [0.3, 0.4) is 0 Å². The summed E-state index contributed by atoms with van der Waals surface area (Å²) >= 11 is 0. The summed E-state index contributed by atoms with van der Waals surface area (Å²) in [6.45, 7) is 4.23. The number of anilines is 1. The third-order valence-electron chi connectivity index (χ3n) is 4.34. The van der Waals surface area contributed by atoms with Crippen LogP contribution in [0.5, 0.6) is 5.75 Å². The lowest BCUT2D eigenvalue weighted by atomic mass is 10.1. The molecule has 140 valence electrons. The minimum atomic E-state index is -0.329. The molecule has 0 unspecified atom stereocenters. The second kappa shape index (κ2) is 8.01. The first-order valence-electron chi connectivity index (χ1n) is 8.50. The van der Waals surface area contributed by atoms with Crippen molar-refractivity contribution in [3.63, 3.8) is 0 Å². The second-order valence-corrected chi connectivity index (χ2v) is 6.18. The Morgan fingerprint density at radius 1 is 1.07 bits per heavy atom. The van der Waals surface area contributed by atoms with Crippen LogP contribution in [-0.4, -0.2) is 35.1 Å². The zero-order chi connectivity index (χ0) is 19.4. The summed E-state index contributed by atoms with van der Waals surface area (Å²) in [5.41, 5.74) is 4.55. The Hall–Kier alpha value is -3.19. The van der Waals surface area contributed by atoms with Crippen molar-refractivity contribution in [2.45, 2.75) is 20.5 Å². The van der Waals surface area contributed by atoms with E-state index in [1.807, 2.05) is 56.3 Å². The van der Waals surface area contributed by atoms with Gasteiger partial charge in [-0.3, -0.25) is 4.79 Å². The molecule has 0 saturated carbocycles. The number of ether oxygens (including phenoxy) is 2. The summed E-state index contributed by atoms with van der Waals surface area (Å²) in [4.78, 5) is 12.7. The quantitative estimate of drug-likeness (QED) is 0.724. The van der Waals surface area contributed by atoms with Gasteiger partial charge in [0.1, 0.15) is 11.4 Å². The highest BCUT2D eigenvalue weighted by Crippen LogP contribution is 2.20. The molecule has 0 aliphatic rings. The fourth-order valence-corrected chi connectivity index (χ4v) is 2.68. The van der Waals surface area contributed by atoms with Gasteiger partial charge in [-0.05, 0) is 61.4 Å². The maximum Gasteiger partial charge on any atom is 0.278 e. The van der Waals surface area contributed by atoms with E-state index in [1.165, 1.54) is 5.56 Å². The zero-order valence-electron chi connectivity index (χ0n) is 15.8. The van der Waals surface area contributed by atoms with Crippen molar-refractivity contribution in [2.75, 3.05) is 19.5 Å². The summed E-state index contributed by atoms with van der Waals surface area (Å²) in [6.07, 6.45) is 0. The lowest BCUT2D eigenvalue weighted by Crippen LogP contribution is -2.16. The number of amides is 1. The van der Waals surface area contributed by atoms with E-state index in [2.05, 4.69) is 15.6 Å². The lowest BCUT2D eigenvalue weighted by Gasteiger charge is -2.09. The predicted octanol–water partition coefficient (Wildman–Crippen LogP) is 3.29. The molecule has 1 N–H and O–H groups in total. The number of nitrogens with zero attached hydrogens (tertiary/aromatic N) is 3. The summed E-state index contributed by atoms with van der Waals surface area (Å²) in [5.74, 6) is 0.407. The van der Waals surface area contributed by atoms with Crippen LogP contribution in [0.25, 0.3) is 5.69 Å². The number of methoxy groups -OCH3 is 2. The number of aromatic nitrogens is 3. The number of nitrogens with one attached hydrogen (secondary N) is 1. The molecule has 3 aromatic rings. The van der Waals surface area contributed by atoms with Gasteiger partial charge in [0.15, 0.2) is 5.69 Å². The van der Waals surface area contributed by atoms with Crippen molar-refractivity contribution in [1.29, 1.82) is 0 Å². The van der Waals surface area contributed by atoms with E-state index in [4.69, 9.17) is 9.47 Å². The van der Waals surface area contributed by atoms with Crippen LogP contribution in [0.2, 0.25) is 0 Å². The normalized spacial score (nSPS) is 10.7. The molecule has 0 atom stereocenters. The highest BCUT2D eigenvalue weighted by Gasteiger charge is 2.21. The molecular formula is C20H22N4O3. The van der Waals surface area contributed by atoms with Gasteiger partial charge in [0.25, 0.3) is 5.91 Å². The first-order chi connectivity index (χ1) is 13.0. The zero-order valence-corrected chi connectivity index (χ0v) is 15.8. The average molecular weight is 366 g/mol. The molecule has 27 heavy (non-hydrogen) atoms. The Morgan fingerprint density at radius 2 is 1.81 bits per heavy atom. The van der Waals surface area contributed by atoms with Gasteiger partial charge >= 0.3 is 0 Å². The van der Waals surface area contributed by atoms with E-state index in [9.17, 15) is 4.79 Å². The molecule has 1 heterocycles. The molecule has 7 nitrogen and oxygen atoms in total. The minimum absolute atomic E-state index is 0.203. The number of rotatable bonds is 6. The van der Waals surface area contributed by atoms with E-state index in [1.54, 1.807) is 18.9 Å². The molecule has 1 amide bonds. The highest BCUT2D eigenvalue weighted by atomic mass is 16.5. The maximum atomic E-state index is 12.7. The van der Waals surface area contributed by atoms with E-state index in [-0.39, 0.29) is 18.2 Å². The van der Waals surface area contributed by atoms with Gasteiger partial charge in [-0.1, -0.05) is 11.3 Å². The molecular weight excluding hydrogens is 344 g/mol. The number of hydrogen-bond donors (Lipinski definition) is 1. The monoisotopic (exact) mass is 366 g/mol. The summed E-state index contributed by atoms with van der Waals surface area (Å²) in [5, 5.41) is 11.1. The topological polar surface area (TPSA) is 78.3 Å². The smallest absolute Gasteiger partial charge is 0.278 e. The number of carbonyl (C=O) groups excluding carboxylic acids is 1. The molecule has 2 aromatic carbocycles. The van der Waals surface area contributed by atoms with E-state index in [0.717, 1.165) is 17.0 Å². The molecule has 7 heteroatoms. The Bertz CT molecular complexity index is 948. The number of benzene rings is 2. The van der Waals surface area contributed by atoms with Gasteiger partial charge in [-0.15, -0.1) is 5.10 Å². The fraction of sp³-hybridized carbons (Fsp3) is 0.250. The fourth-order valence-electron chi connectivity index (χ4n) is 2.68. The van der Waals surface area contributed by atoms with Gasteiger partial charge in [0.2, 0.25) is 0 Å². The number of hydrogen-bond acceptors (Lipinski definition) is 5. The molecule has 0 radical (unpaired) electrons. The highest BCUT2D eigenvalue weighted by molar-refractivity contribution is 6.03. The van der Waals surface area contributed by atoms with Crippen LogP contribution >= 0.6 is 0 Å². The van der Waals surface area contributed by atoms with Crippen molar-refractivity contribution in [2.24, 2.45) is 0 Å². The Balaban J connectivity index is 1.91. The average Bonchev–Trinajstić information content (AvgIpc) is 3.09. The Morgan fingerprint density at radius 3 is 2.44 bits per heavy atom. The lowest BCUT2D eigenvalue weighted by molar-refractivity contribution is 0.101. The summed E-state index contributed by atoms with van der Waals surface area (Å²) in [6, 6.07) is 13.1. The molecule has 0 spiro atoms. The van der Waals surface area contributed by atoms with Crippen LogP contribution in [0.15, 0.2) is 42.5 Å². The third-order valence-corrected chi connectivity index (χ3v) is 4.34. The summed E-state index contributed by atoms with van der Waals surface area (Å²) < 4.78 is 12.0. The first-order valence-corrected chi connectivity index (χ1v) is 8.50. The van der Waals surface area contributed by atoms with Gasteiger partial charge in [0.05, 0.1) is 19.4 Å². The molecule has 1 aromatic heterocycles. The van der Waals surface area contributed by atoms with Crippen molar-refractivity contribution < 1.29 is 14.3 Å². The van der Waals surface area contributed by atoms with E-state index < -0.39 is 0 Å². The van der Waals surface area contributed by atoms with Crippen molar-refractivity contribution in [1.82, 2.24) is 15.0 Å². The van der Waals surface area contributed by atoms with Crippen LogP contribution in [0.1, 0.15) is 27.3 Å². The number of aryl methyl sites for hydroxylation is 2. The van der Waals surface area contributed by atoms with Crippen LogP contribution in [0.4, 0.5) is 5.69 Å². The Labute approximate surface area is 157 Å². The molecule has 3 rings (SSSR count). The largest absolute Gasteiger partial charge is 0.497 e. The summed E-state index contributed by atoms with van der Waals surface area (Å²) in [7, 11) is 3.17. The second-order valence-electron chi connectivity index (χ2n) is 6.18. The molecule has 0 aliphatic heterocycles. The SMILES string of the molecule is COCc1c(C(=O)Nc2ccc(C)c(C)c2)nnn1-c1ccc(OC)cc1.